The molecule has 17 heavy (non-hydrogen) atoms. The molecular weight excluding hydrogens is 256 g/mol. The van der Waals surface area contributed by atoms with Gasteiger partial charge in [0.15, 0.2) is 0 Å². The molecule has 2 aromatic heterocycles. The van der Waals surface area contributed by atoms with Crippen LogP contribution in [0.15, 0.2) is 29.6 Å². The molecule has 2 heterocycles. The minimum absolute atomic E-state index is 0.134. The lowest BCUT2D eigenvalue weighted by Gasteiger charge is -2.04. The Kier molecular flexibility index (Phi) is 3.76. The largest absolute Gasteiger partial charge is 0.347 e. The quantitative estimate of drug-likeness (QED) is 0.868. The second kappa shape index (κ2) is 5.29. The topological polar surface area (TPSA) is 42.0 Å². The molecule has 0 aliphatic carbocycles. The van der Waals surface area contributed by atoms with Gasteiger partial charge in [0.1, 0.15) is 5.15 Å². The number of aromatic nitrogens is 1. The molecule has 0 radical (unpaired) electrons. The van der Waals surface area contributed by atoms with E-state index < -0.39 is 0 Å². The standard InChI is InChI=1S/C12H11ClN2OS/c1-8-5-9(6-11(13)15-8)12(16)14-7-10-3-2-4-17-10/h2-6H,7H2,1H3,(H,14,16). The Hall–Kier alpha value is -1.39. The zero-order valence-corrected chi connectivity index (χ0v) is 10.8. The van der Waals surface area contributed by atoms with Gasteiger partial charge in [-0.3, -0.25) is 4.79 Å². The summed E-state index contributed by atoms with van der Waals surface area (Å²) in [5, 5.41) is 5.16. The first kappa shape index (κ1) is 12.1. The van der Waals surface area contributed by atoms with E-state index in [1.807, 2.05) is 24.4 Å². The van der Waals surface area contributed by atoms with Crippen LogP contribution in [0.1, 0.15) is 20.9 Å². The second-order valence-corrected chi connectivity index (χ2v) is 5.00. The van der Waals surface area contributed by atoms with Gasteiger partial charge in [-0.2, -0.15) is 0 Å². The summed E-state index contributed by atoms with van der Waals surface area (Å²) in [4.78, 5) is 17.0. The number of amides is 1. The van der Waals surface area contributed by atoms with Crippen LogP contribution in [0.3, 0.4) is 0 Å². The number of halogens is 1. The van der Waals surface area contributed by atoms with Crippen molar-refractivity contribution >= 4 is 28.8 Å². The Labute approximate surface area is 108 Å². The van der Waals surface area contributed by atoms with E-state index in [0.717, 1.165) is 10.6 Å². The van der Waals surface area contributed by atoms with Gasteiger partial charge >= 0.3 is 0 Å². The zero-order valence-electron chi connectivity index (χ0n) is 9.24. The van der Waals surface area contributed by atoms with Gasteiger partial charge in [0, 0.05) is 16.1 Å². The number of thiophene rings is 1. The van der Waals surface area contributed by atoms with E-state index in [-0.39, 0.29) is 5.91 Å². The van der Waals surface area contributed by atoms with Gasteiger partial charge in [-0.05, 0) is 30.5 Å². The highest BCUT2D eigenvalue weighted by atomic mass is 35.5. The van der Waals surface area contributed by atoms with Crippen LogP contribution >= 0.6 is 22.9 Å². The highest BCUT2D eigenvalue weighted by Gasteiger charge is 2.07. The molecule has 0 spiro atoms. The van der Waals surface area contributed by atoms with Gasteiger partial charge in [0.05, 0.1) is 6.54 Å². The van der Waals surface area contributed by atoms with Gasteiger partial charge in [-0.25, -0.2) is 4.98 Å². The van der Waals surface area contributed by atoms with E-state index in [9.17, 15) is 4.79 Å². The summed E-state index contributed by atoms with van der Waals surface area (Å²) in [6.07, 6.45) is 0. The van der Waals surface area contributed by atoms with Crippen LogP contribution < -0.4 is 5.32 Å². The lowest BCUT2D eigenvalue weighted by Crippen LogP contribution is -2.22. The maximum Gasteiger partial charge on any atom is 0.251 e. The number of pyridine rings is 1. The molecule has 2 rings (SSSR count). The fourth-order valence-electron chi connectivity index (χ4n) is 1.44. The molecule has 0 saturated heterocycles. The van der Waals surface area contributed by atoms with Crippen molar-refractivity contribution in [3.63, 3.8) is 0 Å². The van der Waals surface area contributed by atoms with E-state index in [1.165, 1.54) is 0 Å². The Morgan fingerprint density at radius 3 is 3.00 bits per heavy atom. The fourth-order valence-corrected chi connectivity index (χ4v) is 2.34. The van der Waals surface area contributed by atoms with Crippen LogP contribution in [0.5, 0.6) is 0 Å². The number of rotatable bonds is 3. The molecule has 1 N–H and O–H groups in total. The molecule has 0 atom stereocenters. The summed E-state index contributed by atoms with van der Waals surface area (Å²) in [6, 6.07) is 7.23. The number of aryl methyl sites for hydroxylation is 1. The second-order valence-electron chi connectivity index (χ2n) is 3.58. The maximum atomic E-state index is 11.9. The average molecular weight is 267 g/mol. The third kappa shape index (κ3) is 3.28. The molecular formula is C12H11ClN2OS. The first-order valence-corrected chi connectivity index (χ1v) is 6.35. The molecule has 0 aromatic carbocycles. The minimum Gasteiger partial charge on any atom is -0.347 e. The Balaban J connectivity index is 2.04. The number of carbonyl (C=O) groups excluding carboxylic acids is 1. The van der Waals surface area contributed by atoms with Crippen molar-refractivity contribution in [2.75, 3.05) is 0 Å². The first-order valence-electron chi connectivity index (χ1n) is 5.10. The van der Waals surface area contributed by atoms with Gasteiger partial charge in [-0.1, -0.05) is 17.7 Å². The normalized spacial score (nSPS) is 10.2. The summed E-state index contributed by atoms with van der Waals surface area (Å²) in [6.45, 7) is 2.34. The van der Waals surface area contributed by atoms with Crippen molar-refractivity contribution in [1.29, 1.82) is 0 Å². The molecule has 0 aliphatic heterocycles. The number of nitrogens with one attached hydrogen (secondary N) is 1. The Bertz CT molecular complexity index is 505. The fraction of sp³-hybridized carbons (Fsp3) is 0.167. The van der Waals surface area contributed by atoms with E-state index in [4.69, 9.17) is 11.6 Å². The van der Waals surface area contributed by atoms with Crippen LogP contribution in [0, 0.1) is 6.92 Å². The highest BCUT2D eigenvalue weighted by molar-refractivity contribution is 7.09. The van der Waals surface area contributed by atoms with E-state index in [1.54, 1.807) is 23.5 Å². The van der Waals surface area contributed by atoms with E-state index >= 15 is 0 Å². The van der Waals surface area contributed by atoms with Crippen LogP contribution in [0.25, 0.3) is 0 Å². The highest BCUT2D eigenvalue weighted by Crippen LogP contribution is 2.11. The van der Waals surface area contributed by atoms with Crippen molar-refractivity contribution in [2.24, 2.45) is 0 Å². The molecule has 5 heteroatoms. The molecule has 2 aromatic rings. The van der Waals surface area contributed by atoms with Crippen LogP contribution in [0.2, 0.25) is 5.15 Å². The van der Waals surface area contributed by atoms with Crippen molar-refractivity contribution in [2.45, 2.75) is 13.5 Å². The predicted octanol–water partition coefficient (Wildman–Crippen LogP) is 3.03. The van der Waals surface area contributed by atoms with Crippen LogP contribution in [-0.2, 0) is 6.54 Å². The van der Waals surface area contributed by atoms with Gasteiger partial charge < -0.3 is 5.32 Å². The minimum atomic E-state index is -0.134. The summed E-state index contributed by atoms with van der Waals surface area (Å²) in [7, 11) is 0. The molecule has 0 unspecified atom stereocenters. The third-order valence-electron chi connectivity index (χ3n) is 2.19. The molecule has 88 valence electrons. The molecule has 0 aliphatic rings. The van der Waals surface area contributed by atoms with Crippen molar-refractivity contribution in [3.8, 4) is 0 Å². The summed E-state index contributed by atoms with van der Waals surface area (Å²) >= 11 is 7.42. The number of carbonyl (C=O) groups is 1. The lowest BCUT2D eigenvalue weighted by atomic mass is 10.2. The Morgan fingerprint density at radius 1 is 1.53 bits per heavy atom. The molecule has 0 saturated carbocycles. The number of nitrogens with zero attached hydrogens (tertiary/aromatic N) is 1. The van der Waals surface area contributed by atoms with Crippen molar-refractivity contribution in [1.82, 2.24) is 10.3 Å². The number of hydrogen-bond donors (Lipinski definition) is 1. The zero-order chi connectivity index (χ0) is 12.3. The molecule has 0 bridgehead atoms. The molecule has 3 nitrogen and oxygen atoms in total. The summed E-state index contributed by atoms with van der Waals surface area (Å²) < 4.78 is 0. The smallest absolute Gasteiger partial charge is 0.251 e. The molecule has 0 fully saturated rings. The van der Waals surface area contributed by atoms with Gasteiger partial charge in [0.2, 0.25) is 0 Å². The third-order valence-corrected chi connectivity index (χ3v) is 3.26. The number of hydrogen-bond acceptors (Lipinski definition) is 3. The first-order chi connectivity index (χ1) is 8.15. The van der Waals surface area contributed by atoms with Crippen LogP contribution in [0.4, 0.5) is 0 Å². The molecule has 1 amide bonds. The predicted molar refractivity (Wildman–Crippen MR) is 69.5 cm³/mol. The van der Waals surface area contributed by atoms with Crippen LogP contribution in [-0.4, -0.2) is 10.9 Å². The Morgan fingerprint density at radius 2 is 2.35 bits per heavy atom. The van der Waals surface area contributed by atoms with Gasteiger partial charge in [-0.15, -0.1) is 11.3 Å². The average Bonchev–Trinajstić information content (AvgIpc) is 2.77. The maximum absolute atomic E-state index is 11.9. The SMILES string of the molecule is Cc1cc(C(=O)NCc2cccs2)cc(Cl)n1. The van der Waals surface area contributed by atoms with E-state index in [2.05, 4.69) is 10.3 Å². The van der Waals surface area contributed by atoms with Crippen molar-refractivity contribution in [3.05, 3.63) is 50.9 Å². The summed E-state index contributed by atoms with van der Waals surface area (Å²) in [5.74, 6) is -0.134. The van der Waals surface area contributed by atoms with Gasteiger partial charge in [0.25, 0.3) is 5.91 Å². The summed E-state index contributed by atoms with van der Waals surface area (Å²) in [5.41, 5.74) is 1.28. The monoisotopic (exact) mass is 266 g/mol. The van der Waals surface area contributed by atoms with Crippen molar-refractivity contribution < 1.29 is 4.79 Å². The lowest BCUT2D eigenvalue weighted by molar-refractivity contribution is 0.0951. The van der Waals surface area contributed by atoms with E-state index in [0.29, 0.717) is 17.3 Å².